The van der Waals surface area contributed by atoms with Gasteiger partial charge in [-0.15, -0.1) is 0 Å². The van der Waals surface area contributed by atoms with Crippen LogP contribution in [-0.4, -0.2) is 35.9 Å². The fourth-order valence-electron chi connectivity index (χ4n) is 2.04. The molecular weight excluding hydrogens is 318 g/mol. The maximum atomic E-state index is 12.2. The summed E-state index contributed by atoms with van der Waals surface area (Å²) >= 11 is 0. The number of hydrogen-bond acceptors (Lipinski definition) is 4. The van der Waals surface area contributed by atoms with E-state index in [9.17, 15) is 20.0 Å². The van der Waals surface area contributed by atoms with Crippen molar-refractivity contribution in [3.05, 3.63) is 65.2 Å². The van der Waals surface area contributed by atoms with Gasteiger partial charge in [-0.2, -0.15) is 5.26 Å². The van der Waals surface area contributed by atoms with Crippen molar-refractivity contribution in [1.29, 1.82) is 5.26 Å². The van der Waals surface area contributed by atoms with E-state index in [1.165, 1.54) is 23.1 Å². The van der Waals surface area contributed by atoms with Crippen molar-refractivity contribution in [3.8, 4) is 11.8 Å². The molecule has 2 amide bonds. The molecular formula is C19H17N3O3. The van der Waals surface area contributed by atoms with E-state index in [4.69, 9.17) is 0 Å². The monoisotopic (exact) mass is 335 g/mol. The third kappa shape index (κ3) is 4.69. The highest BCUT2D eigenvalue weighted by atomic mass is 16.3. The molecule has 0 bridgehead atoms. The van der Waals surface area contributed by atoms with E-state index in [1.807, 2.05) is 6.07 Å². The Balaban J connectivity index is 2.13. The molecule has 2 aromatic rings. The van der Waals surface area contributed by atoms with Gasteiger partial charge in [-0.1, -0.05) is 12.1 Å². The predicted molar refractivity (Wildman–Crippen MR) is 94.8 cm³/mol. The van der Waals surface area contributed by atoms with E-state index in [1.54, 1.807) is 50.5 Å². The zero-order valence-electron chi connectivity index (χ0n) is 13.9. The van der Waals surface area contributed by atoms with Gasteiger partial charge in [-0.25, -0.2) is 0 Å². The molecule has 2 N–H and O–H groups in total. The van der Waals surface area contributed by atoms with Crippen LogP contribution in [0.15, 0.2) is 54.1 Å². The molecule has 2 aromatic carbocycles. The molecule has 25 heavy (non-hydrogen) atoms. The Labute approximate surface area is 145 Å². The quantitative estimate of drug-likeness (QED) is 0.663. The van der Waals surface area contributed by atoms with Crippen LogP contribution in [0.25, 0.3) is 6.08 Å². The zero-order chi connectivity index (χ0) is 18.4. The number of nitrogens with zero attached hydrogens (tertiary/aromatic N) is 2. The van der Waals surface area contributed by atoms with E-state index in [-0.39, 0.29) is 17.2 Å². The van der Waals surface area contributed by atoms with Gasteiger partial charge >= 0.3 is 0 Å². The van der Waals surface area contributed by atoms with Crippen LogP contribution in [0.2, 0.25) is 0 Å². The minimum absolute atomic E-state index is 0.0702. The number of carbonyl (C=O) groups is 2. The standard InChI is InChI=1S/C19H17N3O3/c1-22(2)19(25)14-5-7-16(8-6-14)21-18(24)15(12-20)11-13-3-9-17(23)10-4-13/h3-11,23H,1-2H3,(H,21,24)/b15-11+. The fraction of sp³-hybridized carbons (Fsp3) is 0.105. The number of hydrogen-bond donors (Lipinski definition) is 2. The molecule has 0 unspecified atom stereocenters. The van der Waals surface area contributed by atoms with Gasteiger partial charge in [-0.05, 0) is 48.0 Å². The van der Waals surface area contributed by atoms with Crippen LogP contribution in [0, 0.1) is 11.3 Å². The number of anilines is 1. The van der Waals surface area contributed by atoms with Gasteiger partial charge in [0.1, 0.15) is 17.4 Å². The molecule has 6 heteroatoms. The molecule has 2 rings (SSSR count). The van der Waals surface area contributed by atoms with Crippen molar-refractivity contribution < 1.29 is 14.7 Å². The summed E-state index contributed by atoms with van der Waals surface area (Å²) in [5.41, 5.74) is 1.53. The summed E-state index contributed by atoms with van der Waals surface area (Å²) < 4.78 is 0. The highest BCUT2D eigenvalue weighted by molar-refractivity contribution is 6.09. The summed E-state index contributed by atoms with van der Waals surface area (Å²) in [5, 5.41) is 21.1. The molecule has 0 saturated carbocycles. The number of carbonyl (C=O) groups excluding carboxylic acids is 2. The van der Waals surface area contributed by atoms with Gasteiger partial charge in [0.25, 0.3) is 11.8 Å². The third-order valence-corrected chi connectivity index (χ3v) is 3.37. The van der Waals surface area contributed by atoms with Crippen molar-refractivity contribution >= 4 is 23.6 Å². The number of nitrogens with one attached hydrogen (secondary N) is 1. The van der Waals surface area contributed by atoms with Crippen molar-refractivity contribution in [2.24, 2.45) is 0 Å². The summed E-state index contributed by atoms with van der Waals surface area (Å²) in [6.45, 7) is 0. The summed E-state index contributed by atoms with van der Waals surface area (Å²) in [6.07, 6.45) is 1.43. The average Bonchev–Trinajstić information content (AvgIpc) is 2.61. The number of phenolic OH excluding ortho intramolecular Hbond substituents is 1. The minimum Gasteiger partial charge on any atom is -0.508 e. The molecule has 0 aromatic heterocycles. The Morgan fingerprint density at radius 3 is 2.20 bits per heavy atom. The molecule has 0 aliphatic heterocycles. The van der Waals surface area contributed by atoms with Crippen LogP contribution in [0.4, 0.5) is 5.69 Å². The first-order valence-corrected chi connectivity index (χ1v) is 7.44. The number of benzene rings is 2. The zero-order valence-corrected chi connectivity index (χ0v) is 13.9. The Morgan fingerprint density at radius 2 is 1.68 bits per heavy atom. The van der Waals surface area contributed by atoms with Crippen molar-refractivity contribution in [3.63, 3.8) is 0 Å². The lowest BCUT2D eigenvalue weighted by Gasteiger charge is -2.10. The van der Waals surface area contributed by atoms with Crippen LogP contribution in [0.5, 0.6) is 5.75 Å². The first kappa shape index (κ1) is 17.8. The molecule has 6 nitrogen and oxygen atoms in total. The smallest absolute Gasteiger partial charge is 0.266 e. The number of phenols is 1. The number of rotatable bonds is 4. The molecule has 0 atom stereocenters. The van der Waals surface area contributed by atoms with Crippen molar-refractivity contribution in [2.75, 3.05) is 19.4 Å². The van der Waals surface area contributed by atoms with Crippen molar-refractivity contribution in [2.45, 2.75) is 0 Å². The van der Waals surface area contributed by atoms with E-state index in [0.29, 0.717) is 16.8 Å². The van der Waals surface area contributed by atoms with Gasteiger partial charge in [0.15, 0.2) is 0 Å². The van der Waals surface area contributed by atoms with E-state index < -0.39 is 5.91 Å². The lowest BCUT2D eigenvalue weighted by Crippen LogP contribution is -2.21. The van der Waals surface area contributed by atoms with Crippen LogP contribution >= 0.6 is 0 Å². The normalized spacial score (nSPS) is 10.7. The third-order valence-electron chi connectivity index (χ3n) is 3.37. The Bertz CT molecular complexity index is 845. The maximum Gasteiger partial charge on any atom is 0.266 e. The molecule has 126 valence electrons. The molecule has 0 saturated heterocycles. The van der Waals surface area contributed by atoms with Crippen LogP contribution in [0.3, 0.4) is 0 Å². The average molecular weight is 335 g/mol. The highest BCUT2D eigenvalue weighted by Crippen LogP contribution is 2.15. The van der Waals surface area contributed by atoms with Gasteiger partial charge in [0.2, 0.25) is 0 Å². The summed E-state index contributed by atoms with van der Waals surface area (Å²) in [6, 6.07) is 14.4. The second-order valence-electron chi connectivity index (χ2n) is 5.49. The van der Waals surface area contributed by atoms with E-state index >= 15 is 0 Å². The Morgan fingerprint density at radius 1 is 1.08 bits per heavy atom. The second-order valence-corrected chi connectivity index (χ2v) is 5.49. The SMILES string of the molecule is CN(C)C(=O)c1ccc(NC(=O)/C(C#N)=C/c2ccc(O)cc2)cc1. The minimum atomic E-state index is -0.553. The fourth-order valence-corrected chi connectivity index (χ4v) is 2.04. The molecule has 0 heterocycles. The number of amides is 2. The van der Waals surface area contributed by atoms with Crippen LogP contribution in [0.1, 0.15) is 15.9 Å². The van der Waals surface area contributed by atoms with Gasteiger partial charge < -0.3 is 15.3 Å². The second kappa shape index (κ2) is 7.79. The molecule has 0 spiro atoms. The van der Waals surface area contributed by atoms with E-state index in [0.717, 1.165) is 0 Å². The first-order valence-electron chi connectivity index (χ1n) is 7.44. The summed E-state index contributed by atoms with van der Waals surface area (Å²) in [7, 11) is 3.32. The molecule has 0 radical (unpaired) electrons. The molecule has 0 aliphatic carbocycles. The maximum absolute atomic E-state index is 12.2. The summed E-state index contributed by atoms with van der Waals surface area (Å²) in [5.74, 6) is -0.586. The summed E-state index contributed by atoms with van der Waals surface area (Å²) in [4.78, 5) is 25.5. The van der Waals surface area contributed by atoms with Gasteiger partial charge in [0.05, 0.1) is 0 Å². The molecule has 0 aliphatic rings. The number of aromatic hydroxyl groups is 1. The van der Waals surface area contributed by atoms with Crippen molar-refractivity contribution in [1.82, 2.24) is 4.90 Å². The molecule has 0 fully saturated rings. The lowest BCUT2D eigenvalue weighted by molar-refractivity contribution is -0.112. The van der Waals surface area contributed by atoms with Crippen LogP contribution in [-0.2, 0) is 4.79 Å². The van der Waals surface area contributed by atoms with Gasteiger partial charge in [0, 0.05) is 25.3 Å². The van der Waals surface area contributed by atoms with Crippen LogP contribution < -0.4 is 5.32 Å². The lowest BCUT2D eigenvalue weighted by atomic mass is 10.1. The highest BCUT2D eigenvalue weighted by Gasteiger charge is 2.11. The van der Waals surface area contributed by atoms with E-state index in [2.05, 4.69) is 5.32 Å². The van der Waals surface area contributed by atoms with Gasteiger partial charge in [-0.3, -0.25) is 9.59 Å². The Hall–Kier alpha value is -3.59. The first-order chi connectivity index (χ1) is 11.9. The predicted octanol–water partition coefficient (Wildman–Crippen LogP) is 2.64. The largest absolute Gasteiger partial charge is 0.508 e. The Kier molecular flexibility index (Phi) is 5.54. The topological polar surface area (TPSA) is 93.4 Å². The number of nitriles is 1.